The molecule has 0 saturated carbocycles. The summed E-state index contributed by atoms with van der Waals surface area (Å²) in [6.07, 6.45) is -0.173. The molecule has 7 nitrogen and oxygen atoms in total. The zero-order valence-electron chi connectivity index (χ0n) is 15.0. The highest BCUT2D eigenvalue weighted by atomic mass is 16.5. The fourth-order valence-corrected chi connectivity index (χ4v) is 2.34. The molecule has 1 aliphatic heterocycles. The molecule has 0 spiro atoms. The molecule has 1 amide bonds. The van der Waals surface area contributed by atoms with Gasteiger partial charge in [0.2, 0.25) is 5.75 Å². The van der Waals surface area contributed by atoms with Gasteiger partial charge < -0.3 is 23.8 Å². The van der Waals surface area contributed by atoms with Crippen molar-refractivity contribution < 1.29 is 23.7 Å². The van der Waals surface area contributed by atoms with Gasteiger partial charge in [-0.25, -0.2) is 0 Å². The quantitative estimate of drug-likeness (QED) is 0.732. The summed E-state index contributed by atoms with van der Waals surface area (Å²) in [4.78, 5) is 16.4. The zero-order chi connectivity index (χ0) is 17.7. The van der Waals surface area contributed by atoms with Crippen molar-refractivity contribution in [3.63, 3.8) is 0 Å². The third kappa shape index (κ3) is 4.10. The van der Waals surface area contributed by atoms with Gasteiger partial charge in [0, 0.05) is 18.7 Å². The van der Waals surface area contributed by atoms with E-state index in [1.165, 1.54) is 0 Å². The molecule has 1 fully saturated rings. The first-order valence-corrected chi connectivity index (χ1v) is 7.94. The number of nitrogens with zero attached hydrogens (tertiary/aromatic N) is 2. The van der Waals surface area contributed by atoms with Crippen molar-refractivity contribution in [2.45, 2.75) is 13.2 Å². The van der Waals surface area contributed by atoms with Crippen molar-refractivity contribution in [3.8, 4) is 17.2 Å². The Labute approximate surface area is 143 Å². The second kappa shape index (κ2) is 8.21. The van der Waals surface area contributed by atoms with E-state index in [9.17, 15) is 4.79 Å². The van der Waals surface area contributed by atoms with Crippen LogP contribution in [0, 0.1) is 0 Å². The molecule has 24 heavy (non-hydrogen) atoms. The highest BCUT2D eigenvalue weighted by molar-refractivity contribution is 5.95. The lowest BCUT2D eigenvalue weighted by atomic mass is 10.1. The summed E-state index contributed by atoms with van der Waals surface area (Å²) in [6, 6.07) is 3.38. The standard InChI is InChI=1S/C17H26N2O5/c1-12(18(2)3)24-16-14(21-4)10-13(11-15(16)22-5)17(20)19-6-8-23-9-7-19/h10-12H,6-9H2,1-5H3. The second-order valence-electron chi connectivity index (χ2n) is 5.80. The van der Waals surface area contributed by atoms with Crippen LogP contribution in [0.5, 0.6) is 17.2 Å². The van der Waals surface area contributed by atoms with Crippen molar-refractivity contribution in [2.24, 2.45) is 0 Å². The number of ether oxygens (including phenoxy) is 4. The number of morpholine rings is 1. The number of amides is 1. The van der Waals surface area contributed by atoms with E-state index in [1.807, 2.05) is 25.9 Å². The predicted octanol–water partition coefficient (Wildman–Crippen LogP) is 1.46. The van der Waals surface area contributed by atoms with Crippen molar-refractivity contribution in [2.75, 3.05) is 54.6 Å². The first-order valence-electron chi connectivity index (χ1n) is 7.94. The first-order chi connectivity index (χ1) is 11.5. The lowest BCUT2D eigenvalue weighted by Gasteiger charge is -2.28. The van der Waals surface area contributed by atoms with Crippen molar-refractivity contribution in [1.29, 1.82) is 0 Å². The molecule has 2 rings (SSSR count). The number of carbonyl (C=O) groups excluding carboxylic acids is 1. The summed E-state index contributed by atoms with van der Waals surface area (Å²) in [6.45, 7) is 4.20. The summed E-state index contributed by atoms with van der Waals surface area (Å²) in [5, 5.41) is 0. The molecule has 0 N–H and O–H groups in total. The van der Waals surface area contributed by atoms with Gasteiger partial charge in [0.15, 0.2) is 11.5 Å². The fourth-order valence-electron chi connectivity index (χ4n) is 2.34. The Morgan fingerprint density at radius 3 is 2.17 bits per heavy atom. The van der Waals surface area contributed by atoms with Crippen LogP contribution >= 0.6 is 0 Å². The van der Waals surface area contributed by atoms with Gasteiger partial charge in [-0.05, 0) is 33.2 Å². The number of carbonyl (C=O) groups is 1. The Morgan fingerprint density at radius 2 is 1.71 bits per heavy atom. The molecule has 1 saturated heterocycles. The Kier molecular flexibility index (Phi) is 6.28. The van der Waals surface area contributed by atoms with Gasteiger partial charge in [0.05, 0.1) is 27.4 Å². The van der Waals surface area contributed by atoms with Crippen molar-refractivity contribution >= 4 is 5.91 Å². The molecule has 134 valence electrons. The minimum atomic E-state index is -0.173. The molecule has 0 aliphatic carbocycles. The maximum atomic E-state index is 12.7. The van der Waals surface area contributed by atoms with E-state index in [-0.39, 0.29) is 12.1 Å². The molecular formula is C17H26N2O5. The van der Waals surface area contributed by atoms with Gasteiger partial charge in [-0.3, -0.25) is 9.69 Å². The SMILES string of the molecule is COc1cc(C(=O)N2CCOCC2)cc(OC)c1OC(C)N(C)C. The highest BCUT2D eigenvalue weighted by Crippen LogP contribution is 2.39. The second-order valence-corrected chi connectivity index (χ2v) is 5.80. The summed E-state index contributed by atoms with van der Waals surface area (Å²) < 4.78 is 22.1. The third-order valence-electron chi connectivity index (χ3n) is 4.02. The smallest absolute Gasteiger partial charge is 0.254 e. The van der Waals surface area contributed by atoms with Gasteiger partial charge in [0.25, 0.3) is 5.91 Å². The van der Waals surface area contributed by atoms with Crippen molar-refractivity contribution in [3.05, 3.63) is 17.7 Å². The third-order valence-corrected chi connectivity index (χ3v) is 4.02. The summed E-state index contributed by atoms with van der Waals surface area (Å²) in [7, 11) is 6.93. The number of hydrogen-bond acceptors (Lipinski definition) is 6. The van der Waals surface area contributed by atoms with E-state index >= 15 is 0 Å². The van der Waals surface area contributed by atoms with Gasteiger partial charge in [-0.2, -0.15) is 0 Å². The Bertz CT molecular complexity index is 545. The molecule has 1 heterocycles. The highest BCUT2D eigenvalue weighted by Gasteiger charge is 2.24. The van der Waals surface area contributed by atoms with E-state index in [0.29, 0.717) is 49.1 Å². The maximum Gasteiger partial charge on any atom is 0.254 e. The van der Waals surface area contributed by atoms with Crippen LogP contribution in [0.15, 0.2) is 12.1 Å². The topological polar surface area (TPSA) is 60.5 Å². The van der Waals surface area contributed by atoms with Gasteiger partial charge in [0.1, 0.15) is 6.23 Å². The van der Waals surface area contributed by atoms with Gasteiger partial charge >= 0.3 is 0 Å². The summed E-state index contributed by atoms with van der Waals surface area (Å²) in [5.74, 6) is 1.36. The van der Waals surface area contributed by atoms with Crippen LogP contribution < -0.4 is 14.2 Å². The molecular weight excluding hydrogens is 312 g/mol. The Balaban J connectivity index is 2.33. The Hall–Kier alpha value is -1.99. The molecule has 0 aromatic heterocycles. The number of hydrogen-bond donors (Lipinski definition) is 0. The lowest BCUT2D eigenvalue weighted by Crippen LogP contribution is -2.40. The Morgan fingerprint density at radius 1 is 1.17 bits per heavy atom. The predicted molar refractivity (Wildman–Crippen MR) is 90.0 cm³/mol. The number of rotatable bonds is 6. The van der Waals surface area contributed by atoms with Crippen LogP contribution in [0.3, 0.4) is 0 Å². The molecule has 1 atom stereocenters. The van der Waals surface area contributed by atoms with E-state index in [2.05, 4.69) is 0 Å². The van der Waals surface area contributed by atoms with Crippen LogP contribution in [0.4, 0.5) is 0 Å². The van der Waals surface area contributed by atoms with E-state index in [4.69, 9.17) is 18.9 Å². The fraction of sp³-hybridized carbons (Fsp3) is 0.588. The molecule has 1 aromatic rings. The minimum Gasteiger partial charge on any atom is -0.493 e. The zero-order valence-corrected chi connectivity index (χ0v) is 15.0. The molecule has 1 aliphatic rings. The maximum absolute atomic E-state index is 12.7. The molecule has 1 unspecified atom stereocenters. The molecule has 0 radical (unpaired) electrons. The first kappa shape index (κ1) is 18.4. The van der Waals surface area contributed by atoms with Crippen LogP contribution in [0.25, 0.3) is 0 Å². The molecule has 7 heteroatoms. The number of methoxy groups -OCH3 is 2. The normalized spacial score (nSPS) is 16.0. The van der Waals surface area contributed by atoms with Crippen molar-refractivity contribution in [1.82, 2.24) is 9.80 Å². The lowest BCUT2D eigenvalue weighted by molar-refractivity contribution is 0.0302. The summed E-state index contributed by atoms with van der Waals surface area (Å²) >= 11 is 0. The summed E-state index contributed by atoms with van der Waals surface area (Å²) in [5.41, 5.74) is 0.510. The largest absolute Gasteiger partial charge is 0.493 e. The monoisotopic (exact) mass is 338 g/mol. The average molecular weight is 338 g/mol. The molecule has 1 aromatic carbocycles. The van der Waals surface area contributed by atoms with E-state index in [1.54, 1.807) is 31.3 Å². The number of benzene rings is 1. The van der Waals surface area contributed by atoms with Crippen LogP contribution in [0.1, 0.15) is 17.3 Å². The van der Waals surface area contributed by atoms with Crippen LogP contribution in [-0.2, 0) is 4.74 Å². The van der Waals surface area contributed by atoms with Crippen LogP contribution in [-0.4, -0.2) is 76.6 Å². The average Bonchev–Trinajstić information content (AvgIpc) is 2.61. The van der Waals surface area contributed by atoms with Gasteiger partial charge in [-0.15, -0.1) is 0 Å². The van der Waals surface area contributed by atoms with Crippen LogP contribution in [0.2, 0.25) is 0 Å². The van der Waals surface area contributed by atoms with E-state index < -0.39 is 0 Å². The van der Waals surface area contributed by atoms with Gasteiger partial charge in [-0.1, -0.05) is 0 Å². The minimum absolute atomic E-state index is 0.0675. The van der Waals surface area contributed by atoms with E-state index in [0.717, 1.165) is 0 Å². The molecule has 0 bridgehead atoms.